The molecule has 0 radical (unpaired) electrons. The zero-order chi connectivity index (χ0) is 17.3. The monoisotopic (exact) mass is 329 g/mol. The Labute approximate surface area is 142 Å². The summed E-state index contributed by atoms with van der Waals surface area (Å²) in [5.74, 6) is 2.92. The van der Waals surface area contributed by atoms with Crippen LogP contribution in [-0.4, -0.2) is 51.1 Å². The Kier molecular flexibility index (Phi) is 11.7. The minimum absolute atomic E-state index is 0.729. The second-order valence-electron chi connectivity index (χ2n) is 8.41. The molecule has 0 bridgehead atoms. The van der Waals surface area contributed by atoms with E-state index in [1.54, 1.807) is 0 Å². The minimum atomic E-state index is -1.27. The van der Waals surface area contributed by atoms with E-state index in [-0.39, 0.29) is 0 Å². The first kappa shape index (κ1) is 22.1. The van der Waals surface area contributed by atoms with Crippen molar-refractivity contribution < 1.29 is 0 Å². The molecule has 3 nitrogen and oxygen atoms in total. The summed E-state index contributed by atoms with van der Waals surface area (Å²) in [5, 5.41) is 0. The van der Waals surface area contributed by atoms with E-state index >= 15 is 0 Å². The van der Waals surface area contributed by atoms with Crippen molar-refractivity contribution in [2.75, 3.05) is 32.7 Å². The van der Waals surface area contributed by atoms with Crippen LogP contribution in [-0.2, 0) is 0 Å². The Morgan fingerprint density at radius 1 is 0.636 bits per heavy atom. The minimum Gasteiger partial charge on any atom is -0.316 e. The van der Waals surface area contributed by atoms with Crippen molar-refractivity contribution in [2.45, 2.75) is 62.3 Å². The van der Waals surface area contributed by atoms with Gasteiger partial charge in [0.25, 0.3) is 9.28 Å². The molecule has 0 aliphatic carbocycles. The number of nitrogens with zero attached hydrogens (tertiary/aromatic N) is 2. The van der Waals surface area contributed by atoms with Gasteiger partial charge in [-0.25, -0.2) is 0 Å². The summed E-state index contributed by atoms with van der Waals surface area (Å²) in [6.07, 6.45) is 0. The highest BCUT2D eigenvalue weighted by atomic mass is 28.3. The largest absolute Gasteiger partial charge is 0.316 e. The van der Waals surface area contributed by atoms with Crippen LogP contribution in [0.25, 0.3) is 0 Å². The molecule has 0 atom stereocenters. The van der Waals surface area contributed by atoms with Gasteiger partial charge in [-0.15, -0.1) is 0 Å². The van der Waals surface area contributed by atoms with Crippen LogP contribution in [0.15, 0.2) is 0 Å². The maximum Gasteiger partial charge on any atom is 0.270 e. The van der Waals surface area contributed by atoms with Crippen LogP contribution in [0, 0.1) is 23.7 Å². The van der Waals surface area contributed by atoms with E-state index < -0.39 is 9.28 Å². The average Bonchev–Trinajstić information content (AvgIpc) is 2.31. The molecule has 0 aromatic heterocycles. The molecular weight excluding hydrogens is 286 g/mol. The predicted molar refractivity (Wildman–Crippen MR) is 103 cm³/mol. The van der Waals surface area contributed by atoms with Crippen LogP contribution < -0.4 is 4.98 Å². The molecule has 0 aromatic carbocycles. The van der Waals surface area contributed by atoms with Crippen LogP contribution in [0.3, 0.4) is 0 Å². The van der Waals surface area contributed by atoms with Crippen molar-refractivity contribution in [1.29, 1.82) is 0 Å². The van der Waals surface area contributed by atoms with E-state index in [2.05, 4.69) is 76.4 Å². The lowest BCUT2D eigenvalue weighted by Gasteiger charge is -2.41. The summed E-state index contributed by atoms with van der Waals surface area (Å²) in [5.41, 5.74) is 0. The number of hydrogen-bond acceptors (Lipinski definition) is 3. The Bertz CT molecular complexity index is 223. The Balaban J connectivity index is 5.23. The van der Waals surface area contributed by atoms with Gasteiger partial charge in [-0.1, -0.05) is 62.3 Å². The maximum absolute atomic E-state index is 3.89. The van der Waals surface area contributed by atoms with Gasteiger partial charge in [0.05, 0.1) is 0 Å². The molecule has 0 fully saturated rings. The molecule has 1 N–H and O–H groups in total. The van der Waals surface area contributed by atoms with Crippen LogP contribution >= 0.6 is 0 Å². The predicted octanol–water partition coefficient (Wildman–Crippen LogP) is 3.54. The lowest BCUT2D eigenvalue weighted by molar-refractivity contribution is 0.259. The van der Waals surface area contributed by atoms with Gasteiger partial charge in [0.2, 0.25) is 0 Å². The molecule has 0 saturated carbocycles. The molecule has 22 heavy (non-hydrogen) atoms. The number of hydrogen-bond donors (Lipinski definition) is 1. The molecule has 4 heteroatoms. The second kappa shape index (κ2) is 11.6. The third-order valence-electron chi connectivity index (χ3n) is 3.48. The molecule has 0 spiro atoms. The van der Waals surface area contributed by atoms with E-state index in [1.165, 1.54) is 26.2 Å². The summed E-state index contributed by atoms with van der Waals surface area (Å²) in [4.78, 5) is 3.89. The van der Waals surface area contributed by atoms with Crippen LogP contribution in [0.4, 0.5) is 0 Å². The van der Waals surface area contributed by atoms with E-state index in [9.17, 15) is 0 Å². The van der Waals surface area contributed by atoms with Crippen LogP contribution in [0.5, 0.6) is 0 Å². The van der Waals surface area contributed by atoms with Gasteiger partial charge in [0.15, 0.2) is 0 Å². The molecular formula is C18H43N3Si. The molecule has 0 rings (SSSR count). The van der Waals surface area contributed by atoms with Crippen molar-refractivity contribution >= 4 is 9.28 Å². The van der Waals surface area contributed by atoms with Crippen molar-refractivity contribution in [1.82, 2.24) is 14.1 Å². The van der Waals surface area contributed by atoms with E-state index in [4.69, 9.17) is 0 Å². The van der Waals surface area contributed by atoms with Crippen molar-refractivity contribution in [2.24, 2.45) is 23.7 Å². The van der Waals surface area contributed by atoms with E-state index in [1.807, 2.05) is 0 Å². The zero-order valence-electron chi connectivity index (χ0n) is 16.8. The highest BCUT2D eigenvalue weighted by molar-refractivity contribution is 6.49. The number of rotatable bonds is 12. The fourth-order valence-electron chi connectivity index (χ4n) is 3.10. The van der Waals surface area contributed by atoms with Gasteiger partial charge in [0.1, 0.15) is 0 Å². The standard InChI is InChI=1S/C18H43N3Si/c1-10-19-22(20(11-15(2)3)12-16(4)5)21(13-17(6)7)14-18(8)9/h15-19,22H,10-14H2,1-9H3. The van der Waals surface area contributed by atoms with Gasteiger partial charge < -0.3 is 14.1 Å². The quantitative estimate of drug-likeness (QED) is 0.553. The van der Waals surface area contributed by atoms with E-state index in [0.717, 1.165) is 30.2 Å². The first-order chi connectivity index (χ1) is 10.2. The highest BCUT2D eigenvalue weighted by Gasteiger charge is 2.29. The third-order valence-corrected chi connectivity index (χ3v) is 6.48. The van der Waals surface area contributed by atoms with E-state index in [0.29, 0.717) is 0 Å². The Hall–Kier alpha value is 0.0969. The molecule has 0 heterocycles. The number of nitrogens with one attached hydrogen (secondary N) is 1. The summed E-state index contributed by atoms with van der Waals surface area (Å²) in [6.45, 7) is 27.0. The maximum atomic E-state index is 3.89. The SMILES string of the molecule is CCN[SiH](N(CC(C)C)CC(C)C)N(CC(C)C)CC(C)C. The van der Waals surface area contributed by atoms with Gasteiger partial charge >= 0.3 is 0 Å². The molecule has 0 aliphatic heterocycles. The van der Waals surface area contributed by atoms with Crippen molar-refractivity contribution in [3.05, 3.63) is 0 Å². The smallest absolute Gasteiger partial charge is 0.270 e. The van der Waals surface area contributed by atoms with Gasteiger partial charge in [0, 0.05) is 0 Å². The fraction of sp³-hybridized carbons (Fsp3) is 1.00. The summed E-state index contributed by atoms with van der Waals surface area (Å²) >= 11 is 0. The molecule has 134 valence electrons. The Morgan fingerprint density at radius 3 is 1.09 bits per heavy atom. The van der Waals surface area contributed by atoms with Gasteiger partial charge in [-0.05, 0) is 56.4 Å². The molecule has 0 saturated heterocycles. The second-order valence-corrected chi connectivity index (χ2v) is 11.0. The molecule has 0 unspecified atom stereocenters. The fourth-order valence-corrected chi connectivity index (χ4v) is 6.92. The van der Waals surface area contributed by atoms with Crippen molar-refractivity contribution in [3.8, 4) is 0 Å². The van der Waals surface area contributed by atoms with Crippen molar-refractivity contribution in [3.63, 3.8) is 0 Å². The zero-order valence-corrected chi connectivity index (χ0v) is 18.0. The highest BCUT2D eigenvalue weighted by Crippen LogP contribution is 2.12. The van der Waals surface area contributed by atoms with Gasteiger partial charge in [-0.3, -0.25) is 0 Å². The lowest BCUT2D eigenvalue weighted by Crippen LogP contribution is -2.64. The Morgan fingerprint density at radius 2 is 0.909 bits per heavy atom. The lowest BCUT2D eigenvalue weighted by atomic mass is 10.2. The third kappa shape index (κ3) is 9.98. The van der Waals surface area contributed by atoms with Gasteiger partial charge in [-0.2, -0.15) is 0 Å². The molecule has 0 amide bonds. The normalized spacial score (nSPS) is 13.1. The first-order valence-electron chi connectivity index (χ1n) is 9.38. The molecule has 0 aliphatic rings. The molecule has 0 aromatic rings. The topological polar surface area (TPSA) is 18.5 Å². The first-order valence-corrected chi connectivity index (χ1v) is 11.0. The average molecular weight is 330 g/mol. The summed E-state index contributed by atoms with van der Waals surface area (Å²) in [7, 11) is -1.27. The summed E-state index contributed by atoms with van der Waals surface area (Å²) in [6, 6.07) is 0. The summed E-state index contributed by atoms with van der Waals surface area (Å²) < 4.78 is 5.59. The van der Waals surface area contributed by atoms with Crippen LogP contribution in [0.2, 0.25) is 0 Å². The van der Waals surface area contributed by atoms with Crippen LogP contribution in [0.1, 0.15) is 62.3 Å².